The SMILES string of the molecule is O=C(Nc1ccc(Nc2ccc(F)cc2)nc1)c1ccc(C(F)(F)F)cc1. The minimum atomic E-state index is -4.45. The fourth-order valence-electron chi connectivity index (χ4n) is 2.24. The molecule has 138 valence electrons. The Labute approximate surface area is 151 Å². The maximum Gasteiger partial charge on any atom is 0.416 e. The van der Waals surface area contributed by atoms with E-state index >= 15 is 0 Å². The number of aromatic nitrogens is 1. The summed E-state index contributed by atoms with van der Waals surface area (Å²) in [6.07, 6.45) is -3.06. The number of nitrogens with zero attached hydrogens (tertiary/aromatic N) is 1. The summed E-state index contributed by atoms with van der Waals surface area (Å²) in [6, 6.07) is 12.8. The Bertz CT molecular complexity index is 921. The van der Waals surface area contributed by atoms with Gasteiger partial charge < -0.3 is 10.6 Å². The van der Waals surface area contributed by atoms with E-state index in [0.29, 0.717) is 17.2 Å². The lowest BCUT2D eigenvalue weighted by Crippen LogP contribution is -2.13. The van der Waals surface area contributed by atoms with Gasteiger partial charge in [0.05, 0.1) is 17.4 Å². The van der Waals surface area contributed by atoms with Gasteiger partial charge in [0.2, 0.25) is 0 Å². The Hall–Kier alpha value is -3.42. The molecule has 1 heterocycles. The van der Waals surface area contributed by atoms with Crippen molar-refractivity contribution in [1.82, 2.24) is 4.98 Å². The van der Waals surface area contributed by atoms with Crippen molar-refractivity contribution in [3.8, 4) is 0 Å². The number of nitrogens with one attached hydrogen (secondary N) is 2. The van der Waals surface area contributed by atoms with Gasteiger partial charge in [-0.15, -0.1) is 0 Å². The summed E-state index contributed by atoms with van der Waals surface area (Å²) in [5.74, 6) is -0.422. The molecule has 0 saturated carbocycles. The fraction of sp³-hybridized carbons (Fsp3) is 0.0526. The summed E-state index contributed by atoms with van der Waals surface area (Å²) in [4.78, 5) is 16.2. The van der Waals surface area contributed by atoms with Crippen molar-refractivity contribution >= 4 is 23.1 Å². The lowest BCUT2D eigenvalue weighted by Gasteiger charge is -2.09. The zero-order valence-corrected chi connectivity index (χ0v) is 13.7. The zero-order valence-electron chi connectivity index (χ0n) is 13.7. The molecule has 0 aliphatic rings. The standard InChI is InChI=1S/C19H13F4N3O/c20-14-5-7-15(8-6-14)25-17-10-9-16(11-24-17)26-18(27)12-1-3-13(4-2-12)19(21,22)23/h1-11H,(H,24,25)(H,26,27). The molecule has 0 fully saturated rings. The van der Waals surface area contributed by atoms with Crippen molar-refractivity contribution in [3.63, 3.8) is 0 Å². The molecule has 0 spiro atoms. The zero-order chi connectivity index (χ0) is 19.4. The van der Waals surface area contributed by atoms with Crippen molar-refractivity contribution in [3.05, 3.63) is 83.8 Å². The van der Waals surface area contributed by atoms with Gasteiger partial charge in [-0.05, 0) is 60.7 Å². The molecule has 4 nitrogen and oxygen atoms in total. The highest BCUT2D eigenvalue weighted by Gasteiger charge is 2.30. The highest BCUT2D eigenvalue weighted by Crippen LogP contribution is 2.29. The molecular weight excluding hydrogens is 362 g/mol. The molecular formula is C19H13F4N3O. The smallest absolute Gasteiger partial charge is 0.340 e. The van der Waals surface area contributed by atoms with E-state index in [1.165, 1.54) is 18.3 Å². The summed E-state index contributed by atoms with van der Waals surface area (Å²) < 4.78 is 50.5. The first-order valence-corrected chi connectivity index (χ1v) is 7.78. The molecule has 0 radical (unpaired) electrons. The number of hydrogen-bond acceptors (Lipinski definition) is 3. The van der Waals surface area contributed by atoms with Gasteiger partial charge in [0.25, 0.3) is 5.91 Å². The third kappa shape index (κ3) is 4.81. The average molecular weight is 375 g/mol. The molecule has 0 atom stereocenters. The van der Waals surface area contributed by atoms with Crippen LogP contribution in [0.1, 0.15) is 15.9 Å². The summed E-state index contributed by atoms with van der Waals surface area (Å²) in [5.41, 5.74) is 0.295. The molecule has 8 heteroatoms. The van der Waals surface area contributed by atoms with Crippen LogP contribution in [0.5, 0.6) is 0 Å². The minimum Gasteiger partial charge on any atom is -0.340 e. The number of benzene rings is 2. The third-order valence-corrected chi connectivity index (χ3v) is 3.61. The highest BCUT2D eigenvalue weighted by atomic mass is 19.4. The van der Waals surface area contributed by atoms with Crippen LogP contribution in [0.4, 0.5) is 34.8 Å². The van der Waals surface area contributed by atoms with Crippen LogP contribution in [0.3, 0.4) is 0 Å². The summed E-state index contributed by atoms with van der Waals surface area (Å²) in [7, 11) is 0. The van der Waals surface area contributed by atoms with Crippen LogP contribution in [0.15, 0.2) is 66.9 Å². The molecule has 2 N–H and O–H groups in total. The van der Waals surface area contributed by atoms with Crippen LogP contribution in [-0.2, 0) is 6.18 Å². The van der Waals surface area contributed by atoms with Gasteiger partial charge in [0.15, 0.2) is 0 Å². The molecule has 3 aromatic rings. The van der Waals surface area contributed by atoms with Crippen molar-refractivity contribution < 1.29 is 22.4 Å². The van der Waals surface area contributed by atoms with E-state index in [0.717, 1.165) is 24.3 Å². The minimum absolute atomic E-state index is 0.0940. The summed E-state index contributed by atoms with van der Waals surface area (Å²) in [5, 5.41) is 5.52. The molecule has 2 aromatic carbocycles. The highest BCUT2D eigenvalue weighted by molar-refractivity contribution is 6.04. The number of hydrogen-bond donors (Lipinski definition) is 2. The number of anilines is 3. The van der Waals surface area contributed by atoms with E-state index in [1.807, 2.05) is 0 Å². The summed E-state index contributed by atoms with van der Waals surface area (Å²) in [6.45, 7) is 0. The number of halogens is 4. The van der Waals surface area contributed by atoms with Gasteiger partial charge in [-0.25, -0.2) is 9.37 Å². The maximum absolute atomic E-state index is 12.9. The number of carbonyl (C=O) groups is 1. The number of alkyl halides is 3. The number of pyridine rings is 1. The Morgan fingerprint density at radius 2 is 1.48 bits per heavy atom. The lowest BCUT2D eigenvalue weighted by atomic mass is 10.1. The molecule has 0 bridgehead atoms. The van der Waals surface area contributed by atoms with E-state index in [2.05, 4.69) is 15.6 Å². The third-order valence-electron chi connectivity index (χ3n) is 3.61. The number of amides is 1. The summed E-state index contributed by atoms with van der Waals surface area (Å²) >= 11 is 0. The van der Waals surface area contributed by atoms with Crippen LogP contribution >= 0.6 is 0 Å². The molecule has 3 rings (SSSR count). The van der Waals surface area contributed by atoms with Crippen LogP contribution < -0.4 is 10.6 Å². The van der Waals surface area contributed by atoms with Gasteiger partial charge in [-0.2, -0.15) is 13.2 Å². The normalized spacial score (nSPS) is 11.1. The second kappa shape index (κ2) is 7.45. The molecule has 0 saturated heterocycles. The van der Waals surface area contributed by atoms with Gasteiger partial charge in [0, 0.05) is 11.3 Å². The fourth-order valence-corrected chi connectivity index (χ4v) is 2.24. The topological polar surface area (TPSA) is 54.0 Å². The maximum atomic E-state index is 12.9. The first kappa shape index (κ1) is 18.4. The largest absolute Gasteiger partial charge is 0.416 e. The van der Waals surface area contributed by atoms with E-state index in [1.54, 1.807) is 24.3 Å². The predicted molar refractivity (Wildman–Crippen MR) is 93.3 cm³/mol. The molecule has 0 aliphatic carbocycles. The van der Waals surface area contributed by atoms with Crippen LogP contribution in [0, 0.1) is 5.82 Å². The van der Waals surface area contributed by atoms with E-state index in [9.17, 15) is 22.4 Å². The molecule has 1 amide bonds. The van der Waals surface area contributed by atoms with Gasteiger partial charge in [-0.3, -0.25) is 4.79 Å². The second-order valence-corrected chi connectivity index (χ2v) is 5.59. The molecule has 0 aliphatic heterocycles. The van der Waals surface area contributed by atoms with Crippen molar-refractivity contribution in [1.29, 1.82) is 0 Å². The van der Waals surface area contributed by atoms with E-state index in [-0.39, 0.29) is 11.4 Å². The van der Waals surface area contributed by atoms with Gasteiger partial charge in [-0.1, -0.05) is 0 Å². The lowest BCUT2D eigenvalue weighted by molar-refractivity contribution is -0.137. The Balaban J connectivity index is 1.63. The van der Waals surface area contributed by atoms with Gasteiger partial charge >= 0.3 is 6.18 Å². The first-order chi connectivity index (χ1) is 12.8. The Morgan fingerprint density at radius 1 is 0.852 bits per heavy atom. The molecule has 0 unspecified atom stereocenters. The molecule has 27 heavy (non-hydrogen) atoms. The predicted octanol–water partition coefficient (Wildman–Crippen LogP) is 5.24. The van der Waals surface area contributed by atoms with Crippen LogP contribution in [0.25, 0.3) is 0 Å². The Kier molecular flexibility index (Phi) is 5.07. The van der Waals surface area contributed by atoms with E-state index < -0.39 is 17.6 Å². The second-order valence-electron chi connectivity index (χ2n) is 5.59. The quantitative estimate of drug-likeness (QED) is 0.614. The van der Waals surface area contributed by atoms with Gasteiger partial charge in [0.1, 0.15) is 11.6 Å². The Morgan fingerprint density at radius 3 is 2.04 bits per heavy atom. The van der Waals surface area contributed by atoms with Crippen LogP contribution in [0.2, 0.25) is 0 Å². The van der Waals surface area contributed by atoms with Crippen molar-refractivity contribution in [2.75, 3.05) is 10.6 Å². The molecule has 1 aromatic heterocycles. The number of rotatable bonds is 4. The first-order valence-electron chi connectivity index (χ1n) is 7.78. The van der Waals surface area contributed by atoms with Crippen LogP contribution in [-0.4, -0.2) is 10.9 Å². The van der Waals surface area contributed by atoms with Crippen molar-refractivity contribution in [2.45, 2.75) is 6.18 Å². The monoisotopic (exact) mass is 375 g/mol. The number of carbonyl (C=O) groups excluding carboxylic acids is 1. The van der Waals surface area contributed by atoms with E-state index in [4.69, 9.17) is 0 Å². The van der Waals surface area contributed by atoms with Crippen molar-refractivity contribution in [2.24, 2.45) is 0 Å². The average Bonchev–Trinajstić information content (AvgIpc) is 2.64.